The molecular formula is C10H12F3N3O5. The maximum atomic E-state index is 13.0. The van der Waals surface area contributed by atoms with Gasteiger partial charge in [-0.2, -0.15) is 18.2 Å². The topological polar surface area (TPSA) is 131 Å². The van der Waals surface area contributed by atoms with E-state index in [1.165, 1.54) is 0 Å². The van der Waals surface area contributed by atoms with Gasteiger partial charge in [0.15, 0.2) is 6.23 Å². The van der Waals surface area contributed by atoms with Crippen molar-refractivity contribution in [1.29, 1.82) is 0 Å². The van der Waals surface area contributed by atoms with Crippen LogP contribution in [-0.4, -0.2) is 55.5 Å². The summed E-state index contributed by atoms with van der Waals surface area (Å²) in [5.41, 5.74) is 0.457. The number of aliphatic hydroxyl groups is 3. The van der Waals surface area contributed by atoms with Crippen molar-refractivity contribution in [2.75, 3.05) is 12.3 Å². The molecule has 1 fully saturated rings. The largest absolute Gasteiger partial charge is 0.422 e. The molecule has 0 spiro atoms. The van der Waals surface area contributed by atoms with Crippen molar-refractivity contribution in [2.24, 2.45) is 0 Å². The summed E-state index contributed by atoms with van der Waals surface area (Å²) in [5, 5.41) is 28.4. The lowest BCUT2D eigenvalue weighted by Crippen LogP contribution is -2.60. The quantitative estimate of drug-likeness (QED) is 0.516. The minimum absolute atomic E-state index is 0.173. The van der Waals surface area contributed by atoms with Gasteiger partial charge in [-0.05, 0) is 6.07 Å². The van der Waals surface area contributed by atoms with Gasteiger partial charge in [-0.25, -0.2) is 4.79 Å². The molecule has 1 saturated heterocycles. The molecule has 1 aliphatic heterocycles. The lowest BCUT2D eigenvalue weighted by Gasteiger charge is -2.31. The van der Waals surface area contributed by atoms with E-state index in [2.05, 4.69) is 4.98 Å². The van der Waals surface area contributed by atoms with Gasteiger partial charge in [0.2, 0.25) is 5.60 Å². The summed E-state index contributed by atoms with van der Waals surface area (Å²) in [6, 6.07) is 1.11. The zero-order valence-corrected chi connectivity index (χ0v) is 10.4. The highest BCUT2D eigenvalue weighted by Crippen LogP contribution is 2.46. The Labute approximate surface area is 115 Å². The molecule has 11 heteroatoms. The Hall–Kier alpha value is -1.69. The van der Waals surface area contributed by atoms with E-state index in [1.807, 2.05) is 0 Å². The van der Waals surface area contributed by atoms with Crippen molar-refractivity contribution in [3.8, 4) is 0 Å². The summed E-state index contributed by atoms with van der Waals surface area (Å²) in [6.07, 6.45) is -10.9. The molecule has 5 N–H and O–H groups in total. The zero-order valence-electron chi connectivity index (χ0n) is 10.4. The van der Waals surface area contributed by atoms with Gasteiger partial charge in [-0.3, -0.25) is 4.57 Å². The number of nitrogens with zero attached hydrogens (tertiary/aromatic N) is 2. The lowest BCUT2D eigenvalue weighted by atomic mass is 9.91. The third-order valence-electron chi connectivity index (χ3n) is 3.26. The summed E-state index contributed by atoms with van der Waals surface area (Å²) in [6.45, 7) is -1.21. The molecule has 2 rings (SSSR count). The molecule has 0 amide bonds. The molecule has 1 aliphatic rings. The van der Waals surface area contributed by atoms with Crippen LogP contribution in [0.15, 0.2) is 17.1 Å². The molecule has 1 aromatic rings. The molecule has 0 bridgehead atoms. The number of alkyl halides is 3. The number of hydrogen-bond acceptors (Lipinski definition) is 7. The van der Waals surface area contributed by atoms with Gasteiger partial charge >= 0.3 is 11.9 Å². The van der Waals surface area contributed by atoms with Gasteiger partial charge in [0.05, 0.1) is 6.61 Å². The fourth-order valence-corrected chi connectivity index (χ4v) is 2.12. The van der Waals surface area contributed by atoms with Gasteiger partial charge in [0, 0.05) is 6.20 Å². The van der Waals surface area contributed by atoms with Crippen molar-refractivity contribution >= 4 is 5.82 Å². The van der Waals surface area contributed by atoms with E-state index >= 15 is 0 Å². The van der Waals surface area contributed by atoms with Crippen molar-refractivity contribution in [3.63, 3.8) is 0 Å². The maximum absolute atomic E-state index is 13.0. The van der Waals surface area contributed by atoms with Crippen molar-refractivity contribution in [2.45, 2.75) is 30.2 Å². The predicted molar refractivity (Wildman–Crippen MR) is 60.9 cm³/mol. The molecule has 1 aromatic heterocycles. The van der Waals surface area contributed by atoms with Crippen LogP contribution < -0.4 is 11.4 Å². The number of aromatic nitrogens is 2. The van der Waals surface area contributed by atoms with E-state index in [0.29, 0.717) is 4.57 Å². The van der Waals surface area contributed by atoms with Gasteiger partial charge in [-0.1, -0.05) is 0 Å². The summed E-state index contributed by atoms with van der Waals surface area (Å²) < 4.78 is 44.2. The normalized spacial score (nSPS) is 33.3. The highest BCUT2D eigenvalue weighted by molar-refractivity contribution is 5.24. The van der Waals surface area contributed by atoms with E-state index < -0.39 is 42.5 Å². The number of nitrogen functional groups attached to an aromatic ring is 1. The third kappa shape index (κ3) is 2.27. The van der Waals surface area contributed by atoms with Crippen molar-refractivity contribution in [1.82, 2.24) is 9.55 Å². The molecule has 2 heterocycles. The first kappa shape index (κ1) is 15.7. The Balaban J connectivity index is 2.47. The Kier molecular flexibility index (Phi) is 3.70. The van der Waals surface area contributed by atoms with Crippen molar-refractivity contribution < 1.29 is 33.2 Å². The van der Waals surface area contributed by atoms with Gasteiger partial charge in [0.25, 0.3) is 0 Å². The first-order valence-corrected chi connectivity index (χ1v) is 5.71. The van der Waals surface area contributed by atoms with Crippen LogP contribution in [0.4, 0.5) is 19.0 Å². The monoisotopic (exact) mass is 311 g/mol. The Morgan fingerprint density at radius 2 is 2.14 bits per heavy atom. The number of halogens is 3. The van der Waals surface area contributed by atoms with E-state index in [0.717, 1.165) is 12.3 Å². The Bertz CT molecular complexity index is 592. The summed E-state index contributed by atoms with van der Waals surface area (Å²) >= 11 is 0. The Morgan fingerprint density at radius 1 is 1.52 bits per heavy atom. The number of aliphatic hydroxyl groups excluding tert-OH is 2. The van der Waals surface area contributed by atoms with E-state index in [1.54, 1.807) is 0 Å². The summed E-state index contributed by atoms with van der Waals surface area (Å²) in [7, 11) is 0. The minimum atomic E-state index is -5.28. The highest BCUT2D eigenvalue weighted by atomic mass is 19.4. The second kappa shape index (κ2) is 4.94. The molecule has 0 aromatic carbocycles. The average molecular weight is 311 g/mol. The van der Waals surface area contributed by atoms with Gasteiger partial charge in [-0.15, -0.1) is 0 Å². The van der Waals surface area contributed by atoms with Crippen LogP contribution >= 0.6 is 0 Å². The molecule has 0 aliphatic carbocycles. The maximum Gasteiger partial charge on any atom is 0.422 e. The average Bonchev–Trinajstić information content (AvgIpc) is 2.63. The number of rotatable bonds is 2. The van der Waals surface area contributed by atoms with Crippen LogP contribution in [-0.2, 0) is 4.74 Å². The minimum Gasteiger partial charge on any atom is -0.394 e. The van der Waals surface area contributed by atoms with Crippen molar-refractivity contribution in [3.05, 3.63) is 22.7 Å². The van der Waals surface area contributed by atoms with Gasteiger partial charge < -0.3 is 25.8 Å². The smallest absolute Gasteiger partial charge is 0.394 e. The van der Waals surface area contributed by atoms with Gasteiger partial charge in [0.1, 0.15) is 18.0 Å². The first-order valence-electron chi connectivity index (χ1n) is 5.71. The Morgan fingerprint density at radius 3 is 2.57 bits per heavy atom. The standard InChI is InChI=1S/C10H12F3N3O5/c11-10(12,13)9(20)4(3-17)21-7(6(9)18)16-2-1-5(14)15-8(16)19/h1-2,4,6-7,17-18,20H,3H2,(H2,14,15,19)/t4-,6+,7-,9-/m1/s1. The molecule has 4 atom stereocenters. The van der Waals surface area contributed by atoms with Crippen LogP contribution in [0, 0.1) is 0 Å². The molecule has 0 saturated carbocycles. The van der Waals surface area contributed by atoms with Crippen LogP contribution in [0.1, 0.15) is 6.23 Å². The fourth-order valence-electron chi connectivity index (χ4n) is 2.12. The lowest BCUT2D eigenvalue weighted by molar-refractivity contribution is -0.296. The second-order valence-electron chi connectivity index (χ2n) is 4.51. The first-order chi connectivity index (χ1) is 9.62. The SMILES string of the molecule is Nc1ccn([C@@H]2O[C@H](CO)[C@](O)(C(F)(F)F)[C@H]2O)c(=O)n1. The molecule has 0 unspecified atom stereocenters. The van der Waals surface area contributed by atoms with E-state index in [-0.39, 0.29) is 5.82 Å². The third-order valence-corrected chi connectivity index (χ3v) is 3.26. The molecular weight excluding hydrogens is 299 g/mol. The molecule has 118 valence electrons. The number of hydrogen-bond donors (Lipinski definition) is 4. The number of ether oxygens (including phenoxy) is 1. The molecule has 0 radical (unpaired) electrons. The van der Waals surface area contributed by atoms with Crippen LogP contribution in [0.25, 0.3) is 0 Å². The van der Waals surface area contributed by atoms with Crippen LogP contribution in [0.2, 0.25) is 0 Å². The summed E-state index contributed by atoms with van der Waals surface area (Å²) in [5.74, 6) is -0.173. The molecule has 21 heavy (non-hydrogen) atoms. The second-order valence-corrected chi connectivity index (χ2v) is 4.51. The summed E-state index contributed by atoms with van der Waals surface area (Å²) in [4.78, 5) is 14.9. The number of anilines is 1. The van der Waals surface area contributed by atoms with Crippen LogP contribution in [0.3, 0.4) is 0 Å². The molecule has 8 nitrogen and oxygen atoms in total. The van der Waals surface area contributed by atoms with Crippen LogP contribution in [0.5, 0.6) is 0 Å². The van der Waals surface area contributed by atoms with E-state index in [4.69, 9.17) is 15.6 Å². The predicted octanol–water partition coefficient (Wildman–Crippen LogP) is -1.63. The van der Waals surface area contributed by atoms with E-state index in [9.17, 15) is 28.2 Å². The fraction of sp³-hybridized carbons (Fsp3) is 0.600. The highest BCUT2D eigenvalue weighted by Gasteiger charge is 2.70. The zero-order chi connectivity index (χ0) is 16.0. The number of nitrogens with two attached hydrogens (primary N) is 1.